The van der Waals surface area contributed by atoms with Crippen LogP contribution < -0.4 is 14.8 Å². The lowest BCUT2D eigenvalue weighted by molar-refractivity contribution is 0.102. The van der Waals surface area contributed by atoms with Crippen LogP contribution in [0.1, 0.15) is 10.4 Å². The smallest absolute Gasteiger partial charge is 0.258 e. The first-order chi connectivity index (χ1) is 14.6. The molecule has 0 aliphatic rings. The van der Waals surface area contributed by atoms with Gasteiger partial charge in [0.15, 0.2) is 0 Å². The molecule has 152 valence electrons. The van der Waals surface area contributed by atoms with Crippen molar-refractivity contribution in [1.82, 2.24) is 9.55 Å². The Balaban J connectivity index is 1.53. The van der Waals surface area contributed by atoms with Crippen molar-refractivity contribution in [3.05, 3.63) is 84.2 Å². The molecule has 0 spiro atoms. The molecule has 4 aromatic rings. The van der Waals surface area contributed by atoms with Gasteiger partial charge in [-0.1, -0.05) is 18.2 Å². The number of carbonyl (C=O) groups is 1. The number of halogens is 1. The molecule has 4 rings (SSSR count). The molecule has 0 radical (unpaired) electrons. The number of imidazole rings is 1. The molecule has 0 aliphatic heterocycles. The normalized spacial score (nSPS) is 10.7. The Morgan fingerprint density at radius 2 is 1.80 bits per heavy atom. The van der Waals surface area contributed by atoms with Crippen molar-refractivity contribution in [1.29, 1.82) is 0 Å². The molecule has 0 unspecified atom stereocenters. The van der Waals surface area contributed by atoms with Gasteiger partial charge >= 0.3 is 0 Å². The van der Waals surface area contributed by atoms with Gasteiger partial charge in [-0.2, -0.15) is 0 Å². The number of aromatic nitrogens is 2. The highest BCUT2D eigenvalue weighted by Gasteiger charge is 2.15. The number of carbonyl (C=O) groups excluding carboxylic acids is 1. The van der Waals surface area contributed by atoms with Gasteiger partial charge in [0.05, 0.1) is 24.7 Å². The van der Waals surface area contributed by atoms with Crippen molar-refractivity contribution in [2.45, 2.75) is 6.54 Å². The first-order valence-corrected chi connectivity index (χ1v) is 9.43. The van der Waals surface area contributed by atoms with E-state index >= 15 is 0 Å². The number of amides is 1. The van der Waals surface area contributed by atoms with E-state index in [1.807, 2.05) is 53.1 Å². The zero-order chi connectivity index (χ0) is 20.9. The minimum Gasteiger partial charge on any atom is -0.497 e. The Kier molecular flexibility index (Phi) is 5.61. The predicted octanol–water partition coefficient (Wildman–Crippen LogP) is 4.52. The van der Waals surface area contributed by atoms with E-state index in [4.69, 9.17) is 9.47 Å². The van der Waals surface area contributed by atoms with Crippen LogP contribution >= 0.6 is 0 Å². The molecule has 1 amide bonds. The zero-order valence-electron chi connectivity index (χ0n) is 16.3. The van der Waals surface area contributed by atoms with E-state index in [-0.39, 0.29) is 5.56 Å². The lowest BCUT2D eigenvalue weighted by Gasteiger charge is -2.12. The van der Waals surface area contributed by atoms with Crippen molar-refractivity contribution in [2.75, 3.05) is 19.0 Å². The van der Waals surface area contributed by atoms with Crippen molar-refractivity contribution in [3.8, 4) is 11.5 Å². The lowest BCUT2D eigenvalue weighted by atomic mass is 10.2. The highest BCUT2D eigenvalue weighted by Crippen LogP contribution is 2.21. The molecule has 1 aromatic heterocycles. The third-order valence-electron chi connectivity index (χ3n) is 4.61. The monoisotopic (exact) mass is 405 g/mol. The van der Waals surface area contributed by atoms with Crippen LogP contribution in [0, 0.1) is 5.82 Å². The number of anilines is 1. The molecule has 1 N–H and O–H groups in total. The molecule has 0 fully saturated rings. The average Bonchev–Trinajstić information content (AvgIpc) is 3.11. The molecule has 6 nitrogen and oxygen atoms in total. The summed E-state index contributed by atoms with van der Waals surface area (Å²) in [7, 11) is 1.61. The fourth-order valence-corrected chi connectivity index (χ4v) is 3.13. The summed E-state index contributed by atoms with van der Waals surface area (Å²) in [5, 5.41) is 2.78. The number of methoxy groups -OCH3 is 1. The SMILES string of the molecule is COc1ccc(OCCn2c(NC(=O)c3cccc(F)c3)nc3ccccc32)cc1. The summed E-state index contributed by atoms with van der Waals surface area (Å²) >= 11 is 0. The predicted molar refractivity (Wildman–Crippen MR) is 113 cm³/mol. The molecular weight excluding hydrogens is 385 g/mol. The van der Waals surface area contributed by atoms with Crippen LogP contribution in [-0.4, -0.2) is 29.2 Å². The van der Waals surface area contributed by atoms with E-state index in [1.54, 1.807) is 13.2 Å². The van der Waals surface area contributed by atoms with Gasteiger partial charge in [-0.05, 0) is 54.6 Å². The largest absolute Gasteiger partial charge is 0.497 e. The Morgan fingerprint density at radius 3 is 2.57 bits per heavy atom. The quantitative estimate of drug-likeness (QED) is 0.491. The van der Waals surface area contributed by atoms with Crippen molar-refractivity contribution in [3.63, 3.8) is 0 Å². The summed E-state index contributed by atoms with van der Waals surface area (Å²) in [6, 6.07) is 20.4. The fourth-order valence-electron chi connectivity index (χ4n) is 3.13. The number of para-hydroxylation sites is 2. The van der Waals surface area contributed by atoms with Crippen LogP contribution in [0.15, 0.2) is 72.8 Å². The third kappa shape index (κ3) is 4.25. The first kappa shape index (κ1) is 19.4. The Morgan fingerprint density at radius 1 is 1.03 bits per heavy atom. The Labute approximate surface area is 172 Å². The molecule has 1 heterocycles. The maximum atomic E-state index is 13.5. The number of benzene rings is 3. The summed E-state index contributed by atoms with van der Waals surface area (Å²) < 4.78 is 26.3. The summed E-state index contributed by atoms with van der Waals surface area (Å²) in [5.74, 6) is 0.950. The molecule has 7 heteroatoms. The minimum atomic E-state index is -0.468. The van der Waals surface area contributed by atoms with Gasteiger partial charge in [0.1, 0.15) is 23.9 Å². The maximum Gasteiger partial charge on any atom is 0.258 e. The van der Waals surface area contributed by atoms with Gasteiger partial charge in [0.2, 0.25) is 5.95 Å². The van der Waals surface area contributed by atoms with E-state index in [2.05, 4.69) is 10.3 Å². The van der Waals surface area contributed by atoms with Gasteiger partial charge in [-0.15, -0.1) is 0 Å². The summed E-state index contributed by atoms with van der Waals surface area (Å²) in [5.41, 5.74) is 1.84. The number of ether oxygens (including phenoxy) is 2. The summed E-state index contributed by atoms with van der Waals surface area (Å²) in [4.78, 5) is 17.1. The number of rotatable bonds is 7. The molecular formula is C23H20FN3O3. The van der Waals surface area contributed by atoms with Crippen LogP contribution in [0.5, 0.6) is 11.5 Å². The minimum absolute atomic E-state index is 0.225. The van der Waals surface area contributed by atoms with Gasteiger partial charge in [0, 0.05) is 5.56 Å². The number of nitrogens with one attached hydrogen (secondary N) is 1. The molecule has 0 aliphatic carbocycles. The molecule has 0 atom stereocenters. The Hall–Kier alpha value is -3.87. The summed E-state index contributed by atoms with van der Waals surface area (Å²) in [6.45, 7) is 0.834. The first-order valence-electron chi connectivity index (χ1n) is 9.43. The second-order valence-electron chi connectivity index (χ2n) is 6.56. The topological polar surface area (TPSA) is 65.4 Å². The standard InChI is InChI=1S/C23H20FN3O3/c1-29-18-9-11-19(12-10-18)30-14-13-27-21-8-3-2-7-20(21)25-23(27)26-22(28)16-5-4-6-17(24)15-16/h2-12,15H,13-14H2,1H3,(H,25,26,28). The van der Waals surface area contributed by atoms with E-state index in [1.165, 1.54) is 18.2 Å². The highest BCUT2D eigenvalue weighted by molar-refractivity contribution is 6.04. The number of hydrogen-bond acceptors (Lipinski definition) is 4. The second-order valence-corrected chi connectivity index (χ2v) is 6.56. The second kappa shape index (κ2) is 8.65. The number of hydrogen-bond donors (Lipinski definition) is 1. The van der Waals surface area contributed by atoms with Crippen LogP contribution in [0.4, 0.5) is 10.3 Å². The molecule has 3 aromatic carbocycles. The van der Waals surface area contributed by atoms with Crippen LogP contribution in [0.2, 0.25) is 0 Å². The van der Waals surface area contributed by atoms with Crippen molar-refractivity contribution >= 4 is 22.9 Å². The lowest BCUT2D eigenvalue weighted by Crippen LogP contribution is -2.18. The maximum absolute atomic E-state index is 13.5. The number of nitrogens with zero attached hydrogens (tertiary/aromatic N) is 2. The van der Waals surface area contributed by atoms with Gasteiger partial charge in [-0.25, -0.2) is 9.37 Å². The highest BCUT2D eigenvalue weighted by atomic mass is 19.1. The van der Waals surface area contributed by atoms with Crippen molar-refractivity contribution < 1.29 is 18.7 Å². The third-order valence-corrected chi connectivity index (χ3v) is 4.61. The zero-order valence-corrected chi connectivity index (χ0v) is 16.3. The van der Waals surface area contributed by atoms with Gasteiger partial charge < -0.3 is 14.0 Å². The molecule has 0 saturated heterocycles. The van der Waals surface area contributed by atoms with Crippen LogP contribution in [-0.2, 0) is 6.54 Å². The van der Waals surface area contributed by atoms with Crippen LogP contribution in [0.25, 0.3) is 11.0 Å². The van der Waals surface area contributed by atoms with E-state index in [9.17, 15) is 9.18 Å². The van der Waals surface area contributed by atoms with E-state index in [0.29, 0.717) is 24.8 Å². The molecule has 0 saturated carbocycles. The van der Waals surface area contributed by atoms with Gasteiger partial charge in [-0.3, -0.25) is 10.1 Å². The van der Waals surface area contributed by atoms with Gasteiger partial charge in [0.25, 0.3) is 5.91 Å². The fraction of sp³-hybridized carbons (Fsp3) is 0.130. The molecule has 30 heavy (non-hydrogen) atoms. The van der Waals surface area contributed by atoms with Crippen LogP contribution in [0.3, 0.4) is 0 Å². The average molecular weight is 405 g/mol. The molecule has 0 bridgehead atoms. The summed E-state index contributed by atoms with van der Waals surface area (Å²) in [6.07, 6.45) is 0. The Bertz CT molecular complexity index is 1170. The van der Waals surface area contributed by atoms with E-state index in [0.717, 1.165) is 16.8 Å². The number of fused-ring (bicyclic) bond motifs is 1. The van der Waals surface area contributed by atoms with E-state index < -0.39 is 11.7 Å². The van der Waals surface area contributed by atoms with Crippen molar-refractivity contribution in [2.24, 2.45) is 0 Å².